The first kappa shape index (κ1) is 9.96. The Morgan fingerprint density at radius 2 is 2.08 bits per heavy atom. The van der Waals surface area contributed by atoms with E-state index in [2.05, 4.69) is 0 Å². The van der Waals surface area contributed by atoms with Crippen LogP contribution < -0.4 is 5.73 Å². The van der Waals surface area contributed by atoms with Crippen LogP contribution in [0.15, 0.2) is 0 Å². The van der Waals surface area contributed by atoms with E-state index in [0.29, 0.717) is 13.2 Å². The van der Waals surface area contributed by atoms with E-state index in [1.54, 1.807) is 7.11 Å². The molecule has 0 aromatic heterocycles. The van der Waals surface area contributed by atoms with Crippen LogP contribution in [0.2, 0.25) is 0 Å². The van der Waals surface area contributed by atoms with Gasteiger partial charge in [0, 0.05) is 19.1 Å². The largest absolute Gasteiger partial charge is 0.390 e. The first-order chi connectivity index (χ1) is 5.75. The van der Waals surface area contributed by atoms with E-state index in [-0.39, 0.29) is 11.5 Å². The summed E-state index contributed by atoms with van der Waals surface area (Å²) in [6, 6.07) is 0. The number of hydrogen-bond acceptors (Lipinski definition) is 3. The zero-order chi connectivity index (χ0) is 9.03. The van der Waals surface area contributed by atoms with Gasteiger partial charge in [-0.05, 0) is 12.8 Å². The first-order valence-corrected chi connectivity index (χ1v) is 4.62. The van der Waals surface area contributed by atoms with Gasteiger partial charge in [-0.15, -0.1) is 0 Å². The van der Waals surface area contributed by atoms with Gasteiger partial charge in [-0.2, -0.15) is 0 Å². The Morgan fingerprint density at radius 3 is 2.50 bits per heavy atom. The fourth-order valence-corrected chi connectivity index (χ4v) is 2.09. The molecule has 1 fully saturated rings. The van der Waals surface area contributed by atoms with Gasteiger partial charge < -0.3 is 15.6 Å². The highest BCUT2D eigenvalue weighted by Crippen LogP contribution is 2.40. The number of rotatable bonds is 4. The van der Waals surface area contributed by atoms with Crippen LogP contribution in [-0.2, 0) is 4.74 Å². The Kier molecular flexibility index (Phi) is 3.50. The second kappa shape index (κ2) is 4.21. The van der Waals surface area contributed by atoms with Gasteiger partial charge in [0.15, 0.2) is 0 Å². The van der Waals surface area contributed by atoms with Crippen molar-refractivity contribution in [3.8, 4) is 0 Å². The first-order valence-electron chi connectivity index (χ1n) is 4.62. The van der Waals surface area contributed by atoms with E-state index >= 15 is 0 Å². The molecular formula is C9H19NO2. The van der Waals surface area contributed by atoms with Crippen molar-refractivity contribution < 1.29 is 9.84 Å². The molecule has 0 saturated heterocycles. The lowest BCUT2D eigenvalue weighted by molar-refractivity contribution is -0.0224. The van der Waals surface area contributed by atoms with Crippen LogP contribution in [-0.4, -0.2) is 31.5 Å². The summed E-state index contributed by atoms with van der Waals surface area (Å²) in [6.07, 6.45) is 4.10. The van der Waals surface area contributed by atoms with E-state index in [1.165, 1.54) is 12.8 Å². The zero-order valence-electron chi connectivity index (χ0n) is 7.75. The van der Waals surface area contributed by atoms with Gasteiger partial charge in [-0.25, -0.2) is 0 Å². The normalized spacial score (nSPS) is 24.2. The van der Waals surface area contributed by atoms with Gasteiger partial charge in [0.1, 0.15) is 0 Å². The minimum Gasteiger partial charge on any atom is -0.390 e. The van der Waals surface area contributed by atoms with Crippen molar-refractivity contribution in [1.82, 2.24) is 0 Å². The van der Waals surface area contributed by atoms with Crippen molar-refractivity contribution in [3.05, 3.63) is 0 Å². The SMILES string of the molecule is COC[C@@H](O)C1(CN)CCCC1. The lowest BCUT2D eigenvalue weighted by Gasteiger charge is -2.32. The highest BCUT2D eigenvalue weighted by Gasteiger charge is 2.39. The minimum absolute atomic E-state index is 0.0456. The molecule has 0 heterocycles. The summed E-state index contributed by atoms with van der Waals surface area (Å²) in [5.74, 6) is 0. The number of aliphatic hydroxyl groups is 1. The number of aliphatic hydroxyl groups excluding tert-OH is 1. The summed E-state index contributed by atoms with van der Waals surface area (Å²) < 4.78 is 4.94. The fraction of sp³-hybridized carbons (Fsp3) is 1.00. The maximum atomic E-state index is 9.79. The maximum absolute atomic E-state index is 9.79. The molecule has 1 atom stereocenters. The molecule has 0 aromatic carbocycles. The highest BCUT2D eigenvalue weighted by molar-refractivity contribution is 4.91. The van der Waals surface area contributed by atoms with Crippen LogP contribution in [0.4, 0.5) is 0 Å². The summed E-state index contributed by atoms with van der Waals surface area (Å²) >= 11 is 0. The van der Waals surface area contributed by atoms with Crippen LogP contribution in [0.5, 0.6) is 0 Å². The van der Waals surface area contributed by atoms with E-state index in [0.717, 1.165) is 12.8 Å². The molecule has 1 rings (SSSR count). The standard InChI is InChI=1S/C9H19NO2/c1-12-6-8(11)9(7-10)4-2-3-5-9/h8,11H,2-7,10H2,1H3/t8-/m1/s1. The number of hydrogen-bond donors (Lipinski definition) is 2. The molecule has 0 amide bonds. The molecule has 0 aromatic rings. The average Bonchev–Trinajstić information content (AvgIpc) is 2.54. The highest BCUT2D eigenvalue weighted by atomic mass is 16.5. The monoisotopic (exact) mass is 173 g/mol. The van der Waals surface area contributed by atoms with E-state index in [9.17, 15) is 5.11 Å². The lowest BCUT2D eigenvalue weighted by atomic mass is 9.81. The molecular weight excluding hydrogens is 154 g/mol. The fourth-order valence-electron chi connectivity index (χ4n) is 2.09. The summed E-state index contributed by atoms with van der Waals surface area (Å²) in [6.45, 7) is 0.995. The number of ether oxygens (including phenoxy) is 1. The molecule has 1 aliphatic carbocycles. The van der Waals surface area contributed by atoms with Crippen molar-refractivity contribution in [2.75, 3.05) is 20.3 Å². The average molecular weight is 173 g/mol. The Morgan fingerprint density at radius 1 is 1.50 bits per heavy atom. The third kappa shape index (κ3) is 1.79. The van der Waals surface area contributed by atoms with E-state index in [4.69, 9.17) is 10.5 Å². The maximum Gasteiger partial charge on any atom is 0.0841 e. The molecule has 0 aliphatic heterocycles. The molecule has 72 valence electrons. The van der Waals surface area contributed by atoms with Crippen molar-refractivity contribution in [2.24, 2.45) is 11.1 Å². The van der Waals surface area contributed by atoms with Gasteiger partial charge in [-0.3, -0.25) is 0 Å². The van der Waals surface area contributed by atoms with Gasteiger partial charge in [0.2, 0.25) is 0 Å². The predicted octanol–water partition coefficient (Wildman–Crippen LogP) is 0.513. The molecule has 3 heteroatoms. The van der Waals surface area contributed by atoms with Crippen molar-refractivity contribution >= 4 is 0 Å². The van der Waals surface area contributed by atoms with Crippen molar-refractivity contribution in [2.45, 2.75) is 31.8 Å². The molecule has 12 heavy (non-hydrogen) atoms. The minimum atomic E-state index is -0.380. The van der Waals surface area contributed by atoms with Crippen LogP contribution >= 0.6 is 0 Å². The molecule has 1 saturated carbocycles. The van der Waals surface area contributed by atoms with Crippen LogP contribution in [0, 0.1) is 5.41 Å². The molecule has 3 N–H and O–H groups in total. The van der Waals surface area contributed by atoms with Crippen LogP contribution in [0.3, 0.4) is 0 Å². The zero-order valence-corrected chi connectivity index (χ0v) is 7.75. The third-order valence-corrected chi connectivity index (χ3v) is 3.04. The topological polar surface area (TPSA) is 55.5 Å². The Labute approximate surface area is 73.9 Å². The van der Waals surface area contributed by atoms with Crippen molar-refractivity contribution in [3.63, 3.8) is 0 Å². The van der Waals surface area contributed by atoms with Gasteiger partial charge in [-0.1, -0.05) is 12.8 Å². The molecule has 0 bridgehead atoms. The lowest BCUT2D eigenvalue weighted by Crippen LogP contribution is -2.42. The predicted molar refractivity (Wildman–Crippen MR) is 47.8 cm³/mol. The third-order valence-electron chi connectivity index (χ3n) is 3.04. The van der Waals surface area contributed by atoms with E-state index in [1.807, 2.05) is 0 Å². The van der Waals surface area contributed by atoms with Crippen LogP contribution in [0.25, 0.3) is 0 Å². The van der Waals surface area contributed by atoms with Crippen molar-refractivity contribution in [1.29, 1.82) is 0 Å². The number of nitrogens with two attached hydrogens (primary N) is 1. The molecule has 0 spiro atoms. The van der Waals surface area contributed by atoms with Gasteiger partial charge in [0.25, 0.3) is 0 Å². The molecule has 3 nitrogen and oxygen atoms in total. The molecule has 0 unspecified atom stereocenters. The van der Waals surface area contributed by atoms with Gasteiger partial charge >= 0.3 is 0 Å². The Hall–Kier alpha value is -0.120. The summed E-state index contributed by atoms with van der Waals surface area (Å²) in [5, 5.41) is 9.79. The Balaban J connectivity index is 2.52. The van der Waals surface area contributed by atoms with E-state index < -0.39 is 0 Å². The van der Waals surface area contributed by atoms with Crippen LogP contribution in [0.1, 0.15) is 25.7 Å². The Bertz CT molecular complexity index is 132. The molecule has 1 aliphatic rings. The van der Waals surface area contributed by atoms with Gasteiger partial charge in [0.05, 0.1) is 12.7 Å². The smallest absolute Gasteiger partial charge is 0.0841 e. The quantitative estimate of drug-likeness (QED) is 0.651. The second-order valence-electron chi connectivity index (χ2n) is 3.74. The summed E-state index contributed by atoms with van der Waals surface area (Å²) in [7, 11) is 1.61. The summed E-state index contributed by atoms with van der Waals surface area (Å²) in [4.78, 5) is 0. The summed E-state index contributed by atoms with van der Waals surface area (Å²) in [5.41, 5.74) is 5.64. The second-order valence-corrected chi connectivity index (χ2v) is 3.74. The number of methoxy groups -OCH3 is 1. The molecule has 0 radical (unpaired) electrons.